The van der Waals surface area contributed by atoms with Gasteiger partial charge in [-0.15, -0.1) is 0 Å². The van der Waals surface area contributed by atoms with Crippen LogP contribution in [0.5, 0.6) is 0 Å². The highest BCUT2D eigenvalue weighted by Gasteiger charge is 2.27. The number of pyridine rings is 1. The third-order valence-corrected chi connectivity index (χ3v) is 2.75. The van der Waals surface area contributed by atoms with E-state index in [1.54, 1.807) is 12.1 Å². The van der Waals surface area contributed by atoms with E-state index >= 15 is 0 Å². The summed E-state index contributed by atoms with van der Waals surface area (Å²) in [6, 6.07) is 3.30. The van der Waals surface area contributed by atoms with Crippen molar-refractivity contribution in [3.8, 4) is 0 Å². The fourth-order valence-electron chi connectivity index (χ4n) is 1.80. The average Bonchev–Trinajstić information content (AvgIpc) is 2.23. The van der Waals surface area contributed by atoms with Crippen LogP contribution >= 0.6 is 0 Å². The van der Waals surface area contributed by atoms with E-state index in [9.17, 15) is 10.1 Å². The Labute approximate surface area is 92.5 Å². The second-order valence-corrected chi connectivity index (χ2v) is 4.00. The van der Waals surface area contributed by atoms with Gasteiger partial charge in [-0.05, 0) is 40.8 Å². The Kier molecular flexibility index (Phi) is 3.00. The summed E-state index contributed by atoms with van der Waals surface area (Å²) in [7, 11) is 0. The molecule has 1 heterocycles. The number of nitrogens with one attached hydrogen (secondary N) is 1. The number of nitrogens with zero attached hydrogens (tertiary/aromatic N) is 2. The first-order valence-electron chi connectivity index (χ1n) is 5.18. The average molecular weight is 223 g/mol. The van der Waals surface area contributed by atoms with Crippen LogP contribution in [0.15, 0.2) is 18.3 Å². The molecule has 1 aliphatic rings. The fourth-order valence-corrected chi connectivity index (χ4v) is 1.80. The summed E-state index contributed by atoms with van der Waals surface area (Å²) in [5.41, 5.74) is 0.439. The Hall–Kier alpha value is -1.69. The highest BCUT2D eigenvalue weighted by Crippen LogP contribution is 2.28. The maximum Gasteiger partial charge on any atom is 0.386 e. The van der Waals surface area contributed by atoms with E-state index in [4.69, 9.17) is 5.11 Å². The lowest BCUT2D eigenvalue weighted by Crippen LogP contribution is -2.33. The number of aromatic nitrogens is 1. The van der Waals surface area contributed by atoms with E-state index in [0.717, 1.165) is 12.8 Å². The van der Waals surface area contributed by atoms with Crippen LogP contribution in [-0.4, -0.2) is 27.7 Å². The Morgan fingerprint density at radius 1 is 1.62 bits per heavy atom. The summed E-state index contributed by atoms with van der Waals surface area (Å²) in [4.78, 5) is 13.9. The van der Waals surface area contributed by atoms with Crippen molar-refractivity contribution in [1.29, 1.82) is 0 Å². The molecule has 0 amide bonds. The number of hydrogen-bond donors (Lipinski definition) is 2. The second kappa shape index (κ2) is 4.44. The van der Waals surface area contributed by atoms with Crippen molar-refractivity contribution in [2.45, 2.75) is 18.9 Å². The van der Waals surface area contributed by atoms with Gasteiger partial charge in [0.15, 0.2) is 0 Å². The summed E-state index contributed by atoms with van der Waals surface area (Å²) < 4.78 is 0. The molecule has 86 valence electrons. The molecule has 6 heteroatoms. The molecular formula is C10H13N3O3. The molecule has 1 saturated carbocycles. The summed E-state index contributed by atoms with van der Waals surface area (Å²) in [5, 5.41) is 22.8. The highest BCUT2D eigenvalue weighted by atomic mass is 16.6. The third-order valence-electron chi connectivity index (χ3n) is 2.75. The maximum atomic E-state index is 10.7. The van der Waals surface area contributed by atoms with E-state index < -0.39 is 4.92 Å². The van der Waals surface area contributed by atoms with E-state index in [-0.39, 0.29) is 11.9 Å². The quantitative estimate of drug-likeness (QED) is 0.591. The van der Waals surface area contributed by atoms with Crippen molar-refractivity contribution in [3.05, 3.63) is 28.4 Å². The molecule has 1 aromatic heterocycles. The third kappa shape index (κ3) is 2.27. The van der Waals surface area contributed by atoms with Gasteiger partial charge in [0.05, 0.1) is 6.10 Å². The van der Waals surface area contributed by atoms with Crippen LogP contribution in [0.1, 0.15) is 12.8 Å². The van der Waals surface area contributed by atoms with Crippen molar-refractivity contribution < 1.29 is 10.0 Å². The van der Waals surface area contributed by atoms with Gasteiger partial charge in [-0.25, -0.2) is 0 Å². The predicted octanol–water partition coefficient (Wildman–Crippen LogP) is 1.17. The van der Waals surface area contributed by atoms with Gasteiger partial charge in [-0.2, -0.15) is 0 Å². The van der Waals surface area contributed by atoms with Crippen LogP contribution in [0.3, 0.4) is 0 Å². The maximum absolute atomic E-state index is 10.7. The standard InChI is InChI=1S/C10H13N3O3/c14-8-4-7(5-8)6-12-9-2-1-3-11-10(9)13(15)16/h1-3,7-8,12,14H,4-6H2. The van der Waals surface area contributed by atoms with Gasteiger partial charge in [-0.3, -0.25) is 0 Å². The number of aliphatic hydroxyl groups is 1. The smallest absolute Gasteiger partial charge is 0.386 e. The highest BCUT2D eigenvalue weighted by molar-refractivity contribution is 5.56. The van der Waals surface area contributed by atoms with Gasteiger partial charge in [0, 0.05) is 6.54 Å². The lowest BCUT2D eigenvalue weighted by Gasteiger charge is -2.31. The first-order valence-corrected chi connectivity index (χ1v) is 5.18. The summed E-state index contributed by atoms with van der Waals surface area (Å²) in [6.45, 7) is 0.642. The fraction of sp³-hybridized carbons (Fsp3) is 0.500. The van der Waals surface area contributed by atoms with Crippen LogP contribution in [0.2, 0.25) is 0 Å². The van der Waals surface area contributed by atoms with Crippen molar-refractivity contribution >= 4 is 11.5 Å². The SMILES string of the molecule is O=[N+]([O-])c1ncccc1NCC1CC(O)C1. The zero-order chi connectivity index (χ0) is 11.5. The van der Waals surface area contributed by atoms with Gasteiger partial charge in [0.2, 0.25) is 0 Å². The molecule has 1 fully saturated rings. The number of anilines is 1. The van der Waals surface area contributed by atoms with Gasteiger partial charge in [0.25, 0.3) is 0 Å². The van der Waals surface area contributed by atoms with E-state index in [2.05, 4.69) is 10.3 Å². The van der Waals surface area contributed by atoms with E-state index in [0.29, 0.717) is 18.2 Å². The molecule has 0 aliphatic heterocycles. The Balaban J connectivity index is 1.95. The van der Waals surface area contributed by atoms with Gasteiger partial charge in [0.1, 0.15) is 11.9 Å². The molecule has 6 nitrogen and oxygen atoms in total. The molecule has 0 spiro atoms. The van der Waals surface area contributed by atoms with Gasteiger partial charge < -0.3 is 20.5 Å². The van der Waals surface area contributed by atoms with E-state index in [1.165, 1.54) is 6.20 Å². The molecule has 0 bridgehead atoms. The number of hydrogen-bond acceptors (Lipinski definition) is 5. The minimum absolute atomic E-state index is 0.151. The van der Waals surface area contributed by atoms with Crippen LogP contribution in [0.25, 0.3) is 0 Å². The molecule has 2 N–H and O–H groups in total. The van der Waals surface area contributed by atoms with Crippen molar-refractivity contribution in [1.82, 2.24) is 4.98 Å². The zero-order valence-electron chi connectivity index (χ0n) is 8.67. The molecule has 0 unspecified atom stereocenters. The molecule has 1 aromatic rings. The zero-order valence-corrected chi connectivity index (χ0v) is 8.67. The van der Waals surface area contributed by atoms with Crippen LogP contribution in [-0.2, 0) is 0 Å². The monoisotopic (exact) mass is 223 g/mol. The van der Waals surface area contributed by atoms with Crippen molar-refractivity contribution in [2.24, 2.45) is 5.92 Å². The normalized spacial score (nSPS) is 23.6. The Morgan fingerprint density at radius 2 is 2.38 bits per heavy atom. The van der Waals surface area contributed by atoms with Crippen molar-refractivity contribution in [3.63, 3.8) is 0 Å². The lowest BCUT2D eigenvalue weighted by molar-refractivity contribution is -0.388. The molecule has 0 radical (unpaired) electrons. The largest absolute Gasteiger partial charge is 0.393 e. The number of nitro groups is 1. The van der Waals surface area contributed by atoms with E-state index in [1.807, 2.05) is 0 Å². The van der Waals surface area contributed by atoms with Crippen LogP contribution < -0.4 is 5.32 Å². The van der Waals surface area contributed by atoms with Crippen LogP contribution in [0.4, 0.5) is 11.5 Å². The predicted molar refractivity (Wildman–Crippen MR) is 58.1 cm³/mol. The summed E-state index contributed by atoms with van der Waals surface area (Å²) in [6.07, 6.45) is 2.73. The first kappa shape index (κ1) is 10.8. The molecule has 16 heavy (non-hydrogen) atoms. The lowest BCUT2D eigenvalue weighted by atomic mass is 9.82. The Bertz CT molecular complexity index is 391. The minimum Gasteiger partial charge on any atom is -0.393 e. The second-order valence-electron chi connectivity index (χ2n) is 4.00. The molecule has 0 saturated heterocycles. The van der Waals surface area contributed by atoms with Crippen molar-refractivity contribution in [2.75, 3.05) is 11.9 Å². The first-order chi connectivity index (χ1) is 7.66. The molecule has 0 atom stereocenters. The topological polar surface area (TPSA) is 88.3 Å². The van der Waals surface area contributed by atoms with Gasteiger partial charge in [-0.1, -0.05) is 0 Å². The van der Waals surface area contributed by atoms with Gasteiger partial charge >= 0.3 is 5.82 Å². The number of aliphatic hydroxyl groups excluding tert-OH is 1. The summed E-state index contributed by atoms with van der Waals surface area (Å²) >= 11 is 0. The minimum atomic E-state index is -0.502. The molecule has 2 rings (SSSR count). The molecule has 0 aromatic carbocycles. The van der Waals surface area contributed by atoms with Crippen LogP contribution in [0, 0.1) is 16.0 Å². The molecule has 1 aliphatic carbocycles. The Morgan fingerprint density at radius 3 is 3.00 bits per heavy atom. The summed E-state index contributed by atoms with van der Waals surface area (Å²) in [5.74, 6) is 0.247. The number of rotatable bonds is 4. The molecular weight excluding hydrogens is 210 g/mol.